The summed E-state index contributed by atoms with van der Waals surface area (Å²) >= 11 is 3.58. The molecule has 0 radical (unpaired) electrons. The number of aromatic nitrogens is 1. The van der Waals surface area contributed by atoms with Gasteiger partial charge in [0.2, 0.25) is 5.91 Å². The number of hydrogen-bond donors (Lipinski definition) is 1. The lowest BCUT2D eigenvalue weighted by Crippen LogP contribution is -2.50. The van der Waals surface area contributed by atoms with Gasteiger partial charge in [0.05, 0.1) is 16.9 Å². The number of amides is 1. The number of carbonyl (C=O) groups is 1. The summed E-state index contributed by atoms with van der Waals surface area (Å²) in [7, 11) is 0. The average molecular weight is 484 g/mol. The molecule has 1 aromatic carbocycles. The summed E-state index contributed by atoms with van der Waals surface area (Å²) in [5.74, 6) is -0.459. The van der Waals surface area contributed by atoms with Gasteiger partial charge in [0.15, 0.2) is 0 Å². The Bertz CT molecular complexity index is 993. The molecule has 1 aliphatic carbocycles. The van der Waals surface area contributed by atoms with Gasteiger partial charge in [-0.15, -0.1) is 0 Å². The van der Waals surface area contributed by atoms with Crippen LogP contribution in [0.5, 0.6) is 0 Å². The van der Waals surface area contributed by atoms with Gasteiger partial charge in [-0.2, -0.15) is 13.2 Å². The van der Waals surface area contributed by atoms with E-state index in [0.717, 1.165) is 32.2 Å². The van der Waals surface area contributed by atoms with E-state index < -0.39 is 18.5 Å². The van der Waals surface area contributed by atoms with Crippen molar-refractivity contribution in [2.24, 2.45) is 5.92 Å². The van der Waals surface area contributed by atoms with Gasteiger partial charge in [-0.05, 0) is 59.0 Å². The molecular formula is C22H25BrF3N3O. The minimum absolute atomic E-state index is 0.0174. The highest BCUT2D eigenvalue weighted by atomic mass is 79.9. The Morgan fingerprint density at radius 2 is 2.03 bits per heavy atom. The third kappa shape index (κ3) is 3.80. The van der Waals surface area contributed by atoms with Gasteiger partial charge in [-0.1, -0.05) is 18.2 Å². The summed E-state index contributed by atoms with van der Waals surface area (Å²) in [5, 5.41) is 1.10. The fourth-order valence-electron chi connectivity index (χ4n) is 4.81. The Morgan fingerprint density at radius 1 is 1.30 bits per heavy atom. The van der Waals surface area contributed by atoms with E-state index in [-0.39, 0.29) is 18.5 Å². The number of alkyl halides is 3. The lowest BCUT2D eigenvalue weighted by Gasteiger charge is -2.42. The number of fused-ring (bicyclic) bond motifs is 2. The number of rotatable bonds is 5. The van der Waals surface area contributed by atoms with E-state index in [2.05, 4.69) is 20.9 Å². The molecule has 1 amide bonds. The third-order valence-electron chi connectivity index (χ3n) is 6.27. The molecule has 8 heteroatoms. The van der Waals surface area contributed by atoms with E-state index in [9.17, 15) is 18.0 Å². The summed E-state index contributed by atoms with van der Waals surface area (Å²) in [6.07, 6.45) is -2.48. The van der Waals surface area contributed by atoms with Crippen LogP contribution in [0.3, 0.4) is 0 Å². The van der Waals surface area contributed by atoms with Crippen molar-refractivity contribution in [1.82, 2.24) is 14.8 Å². The zero-order valence-electron chi connectivity index (χ0n) is 17.0. The quantitative estimate of drug-likeness (QED) is 0.650. The maximum absolute atomic E-state index is 13.1. The minimum Gasteiger partial charge on any atom is -0.349 e. The van der Waals surface area contributed by atoms with Crippen molar-refractivity contribution in [2.45, 2.75) is 38.9 Å². The van der Waals surface area contributed by atoms with Crippen LogP contribution >= 0.6 is 15.9 Å². The lowest BCUT2D eigenvalue weighted by molar-refractivity contribution is -0.140. The monoisotopic (exact) mass is 483 g/mol. The summed E-state index contributed by atoms with van der Waals surface area (Å²) < 4.78 is 40.0. The highest BCUT2D eigenvalue weighted by molar-refractivity contribution is 9.10. The van der Waals surface area contributed by atoms with Crippen molar-refractivity contribution in [1.29, 1.82) is 0 Å². The molecule has 2 heterocycles. The molecule has 4 nitrogen and oxygen atoms in total. The molecule has 0 fully saturated rings. The second kappa shape index (κ2) is 8.04. The zero-order valence-corrected chi connectivity index (χ0v) is 18.6. The van der Waals surface area contributed by atoms with E-state index in [1.54, 1.807) is 4.90 Å². The minimum atomic E-state index is -4.23. The van der Waals surface area contributed by atoms with E-state index >= 15 is 0 Å². The van der Waals surface area contributed by atoms with Crippen molar-refractivity contribution in [3.63, 3.8) is 0 Å². The average Bonchev–Trinajstić information content (AvgIpc) is 3.03. The summed E-state index contributed by atoms with van der Waals surface area (Å²) in [6.45, 7) is 5.23. The highest BCUT2D eigenvalue weighted by Gasteiger charge is 2.40. The number of nitrogens with one attached hydrogen (secondary N) is 1. The van der Waals surface area contributed by atoms with E-state index in [1.807, 2.05) is 43.0 Å². The number of carbonyl (C=O) groups excluding carboxylic acids is 1. The predicted molar refractivity (Wildman–Crippen MR) is 115 cm³/mol. The van der Waals surface area contributed by atoms with E-state index in [1.165, 1.54) is 0 Å². The molecule has 1 N–H and O–H groups in total. The van der Waals surface area contributed by atoms with Crippen LogP contribution in [0.1, 0.15) is 31.4 Å². The van der Waals surface area contributed by atoms with Gasteiger partial charge in [-0.3, -0.25) is 9.69 Å². The fraction of sp³-hybridized carbons (Fsp3) is 0.500. The summed E-state index contributed by atoms with van der Waals surface area (Å²) in [4.78, 5) is 20.0. The van der Waals surface area contributed by atoms with Gasteiger partial charge in [-0.25, -0.2) is 0 Å². The Morgan fingerprint density at radius 3 is 2.70 bits per heavy atom. The Labute approximate surface area is 182 Å². The maximum Gasteiger partial charge on any atom is 0.390 e. The second-order valence-electron chi connectivity index (χ2n) is 7.96. The Kier molecular flexibility index (Phi) is 5.74. The molecule has 0 spiro atoms. The molecule has 0 unspecified atom stereocenters. The van der Waals surface area contributed by atoms with Crippen molar-refractivity contribution in [3.8, 4) is 0 Å². The lowest BCUT2D eigenvalue weighted by atomic mass is 9.79. The molecule has 2 aliphatic rings. The van der Waals surface area contributed by atoms with Crippen molar-refractivity contribution >= 4 is 38.3 Å². The molecule has 1 aromatic heterocycles. The number of nitrogens with zero attached hydrogens (tertiary/aromatic N) is 2. The first kappa shape index (κ1) is 21.4. The van der Waals surface area contributed by atoms with Gasteiger partial charge < -0.3 is 9.88 Å². The first-order chi connectivity index (χ1) is 14.2. The number of H-pyrrole nitrogens is 1. The van der Waals surface area contributed by atoms with Crippen molar-refractivity contribution in [2.75, 3.05) is 26.2 Å². The molecule has 0 saturated heterocycles. The van der Waals surface area contributed by atoms with Crippen LogP contribution in [0.2, 0.25) is 0 Å². The number of hydrogen-bond acceptors (Lipinski definition) is 2. The normalized spacial score (nSPS) is 21.5. The van der Waals surface area contributed by atoms with Gasteiger partial charge >= 0.3 is 6.18 Å². The van der Waals surface area contributed by atoms with E-state index in [0.29, 0.717) is 26.1 Å². The summed E-state index contributed by atoms with van der Waals surface area (Å²) in [5.41, 5.74) is 4.06. The zero-order chi connectivity index (χ0) is 21.6. The van der Waals surface area contributed by atoms with Crippen molar-refractivity contribution < 1.29 is 18.0 Å². The molecule has 2 atom stereocenters. The topological polar surface area (TPSA) is 39.3 Å². The molecule has 4 rings (SSSR count). The number of halogens is 4. The largest absolute Gasteiger partial charge is 0.390 e. The van der Waals surface area contributed by atoms with Crippen LogP contribution in [0.15, 0.2) is 28.9 Å². The molecule has 0 saturated carbocycles. The molecule has 2 aromatic rings. The maximum atomic E-state index is 13.1. The van der Waals surface area contributed by atoms with Gasteiger partial charge in [0, 0.05) is 43.1 Å². The Hall–Kier alpha value is -1.80. The van der Waals surface area contributed by atoms with Crippen LogP contribution in [0.25, 0.3) is 16.5 Å². The number of benzene rings is 1. The number of aromatic amines is 1. The molecule has 1 aliphatic heterocycles. The van der Waals surface area contributed by atoms with Crippen LogP contribution in [-0.4, -0.2) is 59.1 Å². The predicted octanol–water partition coefficient (Wildman–Crippen LogP) is 4.99. The van der Waals surface area contributed by atoms with Crippen LogP contribution < -0.4 is 0 Å². The molecular weight excluding hydrogens is 459 g/mol. The molecule has 30 heavy (non-hydrogen) atoms. The molecule has 0 bridgehead atoms. The fourth-order valence-corrected chi connectivity index (χ4v) is 5.39. The smallest absolute Gasteiger partial charge is 0.349 e. The van der Waals surface area contributed by atoms with Crippen LogP contribution in [0.4, 0.5) is 13.2 Å². The van der Waals surface area contributed by atoms with Crippen LogP contribution in [-0.2, 0) is 11.2 Å². The van der Waals surface area contributed by atoms with E-state index in [4.69, 9.17) is 0 Å². The van der Waals surface area contributed by atoms with Gasteiger partial charge in [0.1, 0.15) is 0 Å². The standard InChI is InChI=1S/C22H25BrF3N3O/c1-3-28(4-2)21(30)13-10-15-14-6-5-7-17-19(14)16(20(23)27-17)11-18(15)29(12-13)9-8-22(24,25)26/h5-7,10,13,18,27H,3-4,8-9,11-12H2,1-2H3/t13-,18-/m1/s1. The summed E-state index contributed by atoms with van der Waals surface area (Å²) in [6, 6.07) is 5.79. The van der Waals surface area contributed by atoms with Crippen molar-refractivity contribution in [3.05, 3.63) is 40.0 Å². The first-order valence-corrected chi connectivity index (χ1v) is 11.1. The van der Waals surface area contributed by atoms with Gasteiger partial charge in [0.25, 0.3) is 0 Å². The van der Waals surface area contributed by atoms with Crippen LogP contribution in [0, 0.1) is 5.92 Å². The first-order valence-electron chi connectivity index (χ1n) is 10.3. The molecule has 162 valence electrons. The second-order valence-corrected chi connectivity index (χ2v) is 8.76. The third-order valence-corrected chi connectivity index (χ3v) is 6.95. The SMILES string of the molecule is CCN(CC)C(=O)[C@@H]1C=C2c3cccc4[nH]c(Br)c(c34)C[C@H]2N(CCC(F)(F)F)C1. The highest BCUT2D eigenvalue weighted by Crippen LogP contribution is 2.44. The Balaban J connectivity index is 1.78.